The summed E-state index contributed by atoms with van der Waals surface area (Å²) in [5.74, 6) is 0. The zero-order chi connectivity index (χ0) is 20.6. The van der Waals surface area contributed by atoms with Crippen molar-refractivity contribution in [2.45, 2.75) is 48.6 Å². The Kier molecular flexibility index (Phi) is 7.71. The minimum Gasteiger partial charge on any atom is -0.388 e. The molecule has 2 aliphatic rings. The predicted octanol–water partition coefficient (Wildman–Crippen LogP) is -4.60. The van der Waals surface area contributed by atoms with Crippen molar-refractivity contribution in [3.05, 3.63) is 0 Å². The van der Waals surface area contributed by atoms with Crippen molar-refractivity contribution in [3.8, 4) is 0 Å². The van der Waals surface area contributed by atoms with E-state index < -0.39 is 77.5 Å². The van der Waals surface area contributed by atoms with Crippen LogP contribution in [-0.4, -0.2) is 108 Å². The highest BCUT2D eigenvalue weighted by molar-refractivity contribution is 7.47. The lowest BCUT2D eigenvalue weighted by molar-refractivity contribution is -0.0321. The van der Waals surface area contributed by atoms with Gasteiger partial charge in [0.25, 0.3) is 0 Å². The van der Waals surface area contributed by atoms with E-state index in [1.807, 2.05) is 0 Å². The van der Waals surface area contributed by atoms with E-state index in [4.69, 9.17) is 28.3 Å². The molecule has 0 aromatic carbocycles. The van der Waals surface area contributed by atoms with Crippen molar-refractivity contribution in [1.82, 2.24) is 0 Å². The van der Waals surface area contributed by atoms with E-state index in [-0.39, 0.29) is 0 Å². The van der Waals surface area contributed by atoms with Gasteiger partial charge in [0.2, 0.25) is 0 Å². The number of hydrogen-bond acceptors (Lipinski definition) is 10. The number of hydrogen-bond donors (Lipinski definition) is 6. The molecule has 0 bridgehead atoms. The number of rotatable bonds is 8. The predicted molar refractivity (Wildman–Crippen MR) is 91.1 cm³/mol. The molecule has 2 saturated heterocycles. The van der Waals surface area contributed by atoms with Gasteiger partial charge < -0.3 is 39.5 Å². The van der Waals surface area contributed by atoms with Gasteiger partial charge in [0, 0.05) is 0 Å². The molecule has 0 aromatic heterocycles. The number of aliphatic hydroxyl groups is 3. The zero-order valence-electron chi connectivity index (χ0n) is 14.5. The second kappa shape index (κ2) is 8.88. The third kappa shape index (κ3) is 6.31. The molecule has 0 aromatic rings. The summed E-state index contributed by atoms with van der Waals surface area (Å²) in [5, 5.41) is 29.4. The van der Waals surface area contributed by atoms with E-state index in [1.165, 1.54) is 15.7 Å². The van der Waals surface area contributed by atoms with Crippen molar-refractivity contribution >= 4 is 31.3 Å². The number of phosphoric ester groups is 2. The molecule has 0 radical (unpaired) electrons. The van der Waals surface area contributed by atoms with E-state index in [9.17, 15) is 29.3 Å². The monoisotopic (exact) mass is 434 g/mol. The van der Waals surface area contributed by atoms with E-state index in [2.05, 4.69) is 4.52 Å². The summed E-state index contributed by atoms with van der Waals surface area (Å²) in [7, 11) is -6.69. The van der Waals surface area contributed by atoms with Gasteiger partial charge in [-0.25, -0.2) is 9.13 Å². The average molecular weight is 434 g/mol. The topological polar surface area (TPSA) is 202 Å². The van der Waals surface area contributed by atoms with Crippen LogP contribution >= 0.6 is 15.6 Å². The van der Waals surface area contributed by atoms with E-state index >= 15 is 0 Å². The largest absolute Gasteiger partial charge is 0.472 e. The third-order valence-electron chi connectivity index (χ3n) is 4.24. The fraction of sp³-hybridized carbons (Fsp3) is 1.00. The summed E-state index contributed by atoms with van der Waals surface area (Å²) < 4.78 is 47.3. The quantitative estimate of drug-likeness (QED) is 0.158. The molecule has 9 atom stereocenters. The molecule has 2 rings (SSSR count). The molecule has 0 spiro atoms. The second-order valence-electron chi connectivity index (χ2n) is 6.35. The minimum atomic E-state index is -4.83. The average Bonchev–Trinajstić information content (AvgIpc) is 2.95. The normalized spacial score (nSPS) is 42.3. The van der Waals surface area contributed by atoms with Gasteiger partial charge in [0.15, 0.2) is 0 Å². The highest BCUT2D eigenvalue weighted by atomic mass is 31.2. The smallest absolute Gasteiger partial charge is 0.388 e. The van der Waals surface area contributed by atoms with Crippen molar-refractivity contribution in [2.24, 2.45) is 0 Å². The van der Waals surface area contributed by atoms with Gasteiger partial charge in [-0.1, -0.05) is 0 Å². The van der Waals surface area contributed by atoms with Gasteiger partial charge in [0.05, 0.1) is 25.2 Å². The first-order valence-electron chi connectivity index (χ1n) is 8.01. The van der Waals surface area contributed by atoms with Crippen LogP contribution < -0.4 is 0 Å². The van der Waals surface area contributed by atoms with Crippen LogP contribution in [0.5, 0.6) is 0 Å². The summed E-state index contributed by atoms with van der Waals surface area (Å²) in [6.45, 7) is -1.29. The van der Waals surface area contributed by atoms with Gasteiger partial charge >= 0.3 is 15.6 Å². The molecular formula is C10H22B2O13P2. The fourth-order valence-corrected chi connectivity index (χ4v) is 4.09. The highest BCUT2D eigenvalue weighted by Gasteiger charge is 2.47. The number of phosphoric acid groups is 2. The highest BCUT2D eigenvalue weighted by Crippen LogP contribution is 2.48. The van der Waals surface area contributed by atoms with Crippen LogP contribution in [0.1, 0.15) is 0 Å². The van der Waals surface area contributed by atoms with Crippen LogP contribution in [0, 0.1) is 0 Å². The molecule has 17 heteroatoms. The molecule has 0 aliphatic carbocycles. The Morgan fingerprint density at radius 1 is 0.815 bits per heavy atom. The van der Waals surface area contributed by atoms with Gasteiger partial charge in [-0.3, -0.25) is 13.6 Å². The Morgan fingerprint density at radius 2 is 1.33 bits per heavy atom. The lowest BCUT2D eigenvalue weighted by Crippen LogP contribution is -2.37. The van der Waals surface area contributed by atoms with Crippen LogP contribution in [0.4, 0.5) is 0 Å². The Labute approximate surface area is 156 Å². The molecule has 0 saturated carbocycles. The Morgan fingerprint density at radius 3 is 1.85 bits per heavy atom. The Balaban J connectivity index is 1.95. The molecule has 27 heavy (non-hydrogen) atoms. The third-order valence-corrected chi connectivity index (χ3v) is 5.71. The lowest BCUT2D eigenvalue weighted by atomic mass is 9.93. The lowest BCUT2D eigenvalue weighted by Gasteiger charge is -2.24. The van der Waals surface area contributed by atoms with Crippen LogP contribution in [0.25, 0.3) is 0 Å². The number of aliphatic hydroxyl groups excluding tert-OH is 3. The van der Waals surface area contributed by atoms with Gasteiger partial charge in [0.1, 0.15) is 52.3 Å². The van der Waals surface area contributed by atoms with E-state index in [1.54, 1.807) is 0 Å². The summed E-state index contributed by atoms with van der Waals surface area (Å²) in [4.78, 5) is 27.3. The van der Waals surface area contributed by atoms with Crippen LogP contribution in [0.3, 0.4) is 0 Å². The summed E-state index contributed by atoms with van der Waals surface area (Å²) >= 11 is 0. The van der Waals surface area contributed by atoms with Crippen LogP contribution in [0.15, 0.2) is 0 Å². The first kappa shape index (κ1) is 23.4. The summed E-state index contributed by atoms with van der Waals surface area (Å²) in [6, 6.07) is -1.57. The molecule has 156 valence electrons. The fourth-order valence-electron chi connectivity index (χ4n) is 2.78. The Hall–Kier alpha value is 0.150. The molecule has 13 nitrogen and oxygen atoms in total. The van der Waals surface area contributed by atoms with Crippen molar-refractivity contribution < 1.29 is 62.2 Å². The minimum absolute atomic E-state index is 0.584. The molecule has 0 amide bonds. The first-order valence-corrected chi connectivity index (χ1v) is 11.0. The summed E-state index contributed by atoms with van der Waals surface area (Å²) in [6.07, 6.45) is -7.70. The molecule has 2 fully saturated rings. The second-order valence-corrected chi connectivity index (χ2v) is 9.00. The van der Waals surface area contributed by atoms with E-state index in [0.717, 1.165) is 0 Å². The van der Waals surface area contributed by atoms with Crippen molar-refractivity contribution in [3.63, 3.8) is 0 Å². The van der Waals surface area contributed by atoms with Crippen LogP contribution in [0.2, 0.25) is 0 Å². The zero-order valence-corrected chi connectivity index (χ0v) is 16.3. The van der Waals surface area contributed by atoms with Crippen LogP contribution in [-0.2, 0) is 32.2 Å². The maximum atomic E-state index is 12.1. The van der Waals surface area contributed by atoms with Gasteiger partial charge in [-0.15, -0.1) is 0 Å². The first-order chi connectivity index (χ1) is 12.3. The SMILES string of the molecule is B[C@@H]1O[C@H](COP(=O)(O)OC2C(O)[C@H](B)O[C@@H]2COP(=O)(O)O)C(O)C1O. The van der Waals surface area contributed by atoms with Crippen molar-refractivity contribution in [1.29, 1.82) is 0 Å². The van der Waals surface area contributed by atoms with Crippen molar-refractivity contribution in [2.75, 3.05) is 13.2 Å². The molecule has 2 heterocycles. The van der Waals surface area contributed by atoms with E-state index in [0.29, 0.717) is 0 Å². The maximum Gasteiger partial charge on any atom is 0.472 e. The molecular weight excluding hydrogens is 412 g/mol. The molecule has 6 N–H and O–H groups in total. The van der Waals surface area contributed by atoms with Gasteiger partial charge in [-0.2, -0.15) is 0 Å². The molecule has 2 aliphatic heterocycles. The molecule has 5 unspecified atom stereocenters. The maximum absolute atomic E-state index is 12.1. The Bertz CT molecular complexity index is 604. The van der Waals surface area contributed by atoms with Gasteiger partial charge in [-0.05, 0) is 0 Å². The standard InChI is InChI=1S/C10H22B2O13P2/c11-9-6(14)5(13)3(23-9)1-22-27(19,20)25-8-4(2-21-26(16,17)18)24-10(12)7(8)15/h3-10,13-15H,1-2,11-12H2,(H,19,20)(H2,16,17,18)/t3-,4-,5?,6?,7?,8?,9-,10-/m1/s1. The number of ether oxygens (including phenoxy) is 2. The summed E-state index contributed by atoms with van der Waals surface area (Å²) in [5.41, 5.74) is 0.